The third-order valence-electron chi connectivity index (χ3n) is 2.75. The lowest BCUT2D eigenvalue weighted by Crippen LogP contribution is -2.54. The summed E-state index contributed by atoms with van der Waals surface area (Å²) in [4.78, 5) is 23.1. The molecule has 0 unspecified atom stereocenters. The minimum Gasteiger partial charge on any atom is -0.479 e. The third-order valence-corrected chi connectivity index (χ3v) is 3.94. The molecular weight excluding hydrogens is 242 g/mol. The van der Waals surface area contributed by atoms with Crippen molar-refractivity contribution in [2.75, 3.05) is 11.5 Å². The van der Waals surface area contributed by atoms with E-state index in [2.05, 4.69) is 5.32 Å². The van der Waals surface area contributed by atoms with E-state index in [1.807, 2.05) is 0 Å². The molecule has 1 saturated heterocycles. The van der Waals surface area contributed by atoms with Gasteiger partial charge in [-0.05, 0) is 31.2 Å². The van der Waals surface area contributed by atoms with Gasteiger partial charge in [-0.2, -0.15) is 11.8 Å². The van der Waals surface area contributed by atoms with E-state index in [-0.39, 0.29) is 5.76 Å². The van der Waals surface area contributed by atoms with Gasteiger partial charge in [0, 0.05) is 5.75 Å². The molecule has 5 nitrogen and oxygen atoms in total. The number of aliphatic carboxylic acids is 1. The Hall–Kier alpha value is -1.43. The Labute approximate surface area is 103 Å². The molecule has 1 aromatic rings. The van der Waals surface area contributed by atoms with Crippen molar-refractivity contribution in [3.05, 3.63) is 23.7 Å². The molecule has 0 bridgehead atoms. The number of nitrogens with one attached hydrogen (secondary N) is 1. The van der Waals surface area contributed by atoms with E-state index in [0.29, 0.717) is 17.9 Å². The van der Waals surface area contributed by atoms with E-state index in [4.69, 9.17) is 4.42 Å². The van der Waals surface area contributed by atoms with E-state index >= 15 is 0 Å². The summed E-state index contributed by atoms with van der Waals surface area (Å²) in [7, 11) is 0. The summed E-state index contributed by atoms with van der Waals surface area (Å²) in [6, 6.07) is 3.22. The zero-order chi connectivity index (χ0) is 12.5. The quantitative estimate of drug-likeness (QED) is 0.850. The van der Waals surface area contributed by atoms with Gasteiger partial charge in [-0.1, -0.05) is 0 Å². The number of aryl methyl sites for hydroxylation is 1. The van der Waals surface area contributed by atoms with Crippen LogP contribution in [-0.2, 0) is 4.79 Å². The van der Waals surface area contributed by atoms with E-state index in [0.717, 1.165) is 5.75 Å². The molecule has 1 fully saturated rings. The topological polar surface area (TPSA) is 79.5 Å². The number of rotatable bonds is 3. The molecule has 0 radical (unpaired) electrons. The molecule has 1 amide bonds. The highest BCUT2D eigenvalue weighted by Crippen LogP contribution is 2.28. The zero-order valence-electron chi connectivity index (χ0n) is 9.36. The van der Waals surface area contributed by atoms with Crippen molar-refractivity contribution in [1.82, 2.24) is 5.32 Å². The van der Waals surface area contributed by atoms with Crippen molar-refractivity contribution >= 4 is 23.6 Å². The monoisotopic (exact) mass is 255 g/mol. The summed E-state index contributed by atoms with van der Waals surface area (Å²) in [6.45, 7) is 1.73. The fourth-order valence-corrected chi connectivity index (χ4v) is 3.05. The van der Waals surface area contributed by atoms with Gasteiger partial charge in [-0.3, -0.25) is 4.79 Å². The molecule has 0 spiro atoms. The van der Waals surface area contributed by atoms with Crippen molar-refractivity contribution in [2.24, 2.45) is 0 Å². The molecule has 6 heteroatoms. The fourth-order valence-electron chi connectivity index (χ4n) is 1.72. The van der Waals surface area contributed by atoms with Crippen molar-refractivity contribution in [3.8, 4) is 0 Å². The zero-order valence-corrected chi connectivity index (χ0v) is 10.2. The Morgan fingerprint density at radius 2 is 2.29 bits per heavy atom. The second kappa shape index (κ2) is 4.44. The van der Waals surface area contributed by atoms with Crippen LogP contribution in [0.25, 0.3) is 0 Å². The van der Waals surface area contributed by atoms with Gasteiger partial charge >= 0.3 is 5.97 Å². The van der Waals surface area contributed by atoms with Crippen LogP contribution in [0.3, 0.4) is 0 Å². The predicted molar refractivity (Wildman–Crippen MR) is 63.2 cm³/mol. The molecule has 0 aliphatic carbocycles. The number of carbonyl (C=O) groups excluding carboxylic acids is 1. The van der Waals surface area contributed by atoms with Gasteiger partial charge < -0.3 is 14.8 Å². The van der Waals surface area contributed by atoms with Crippen LogP contribution < -0.4 is 5.32 Å². The largest absolute Gasteiger partial charge is 0.479 e. The second-order valence-electron chi connectivity index (χ2n) is 4.05. The van der Waals surface area contributed by atoms with Crippen molar-refractivity contribution in [2.45, 2.75) is 18.9 Å². The summed E-state index contributed by atoms with van der Waals surface area (Å²) in [5, 5.41) is 11.8. The van der Waals surface area contributed by atoms with Gasteiger partial charge in [0.1, 0.15) is 11.3 Å². The fraction of sp³-hybridized carbons (Fsp3) is 0.455. The number of hydrogen-bond donors (Lipinski definition) is 2. The van der Waals surface area contributed by atoms with Gasteiger partial charge in [-0.25, -0.2) is 4.79 Å². The molecule has 0 aromatic carbocycles. The highest BCUT2D eigenvalue weighted by molar-refractivity contribution is 7.99. The summed E-state index contributed by atoms with van der Waals surface area (Å²) < 4.78 is 5.17. The maximum absolute atomic E-state index is 11.8. The highest BCUT2D eigenvalue weighted by Gasteiger charge is 2.43. The van der Waals surface area contributed by atoms with Crippen LogP contribution in [0.1, 0.15) is 22.7 Å². The standard InChI is InChI=1S/C11H13NO4S/c1-7-2-3-8(16-7)9(13)12-11(10(14)15)4-5-17-6-11/h2-3H,4-6H2,1H3,(H,12,13)(H,14,15)/t11-/m0/s1. The van der Waals surface area contributed by atoms with E-state index in [9.17, 15) is 14.7 Å². The summed E-state index contributed by atoms with van der Waals surface area (Å²) in [5.74, 6) is 0.458. The molecule has 2 N–H and O–H groups in total. The van der Waals surface area contributed by atoms with E-state index in [1.54, 1.807) is 19.1 Å². The number of carboxylic acid groups (broad SMARTS) is 1. The van der Waals surface area contributed by atoms with Crippen LogP contribution in [0.5, 0.6) is 0 Å². The molecule has 0 saturated carbocycles. The highest BCUT2D eigenvalue weighted by atomic mass is 32.2. The minimum atomic E-state index is -1.15. The molecular formula is C11H13NO4S. The smallest absolute Gasteiger partial charge is 0.330 e. The number of furan rings is 1. The first-order valence-corrected chi connectivity index (χ1v) is 6.39. The first-order valence-electron chi connectivity index (χ1n) is 5.24. The minimum absolute atomic E-state index is 0.153. The Bertz CT molecular complexity index is 448. The summed E-state index contributed by atoms with van der Waals surface area (Å²) in [5.41, 5.74) is -1.15. The Morgan fingerprint density at radius 1 is 1.53 bits per heavy atom. The third kappa shape index (κ3) is 2.31. The average Bonchev–Trinajstić information content (AvgIpc) is 2.87. The number of thioether (sulfide) groups is 1. The Morgan fingerprint density at radius 3 is 2.76 bits per heavy atom. The lowest BCUT2D eigenvalue weighted by atomic mass is 9.99. The second-order valence-corrected chi connectivity index (χ2v) is 5.16. The number of amides is 1. The SMILES string of the molecule is Cc1ccc(C(=O)N[C@@]2(C(=O)O)CCSC2)o1. The normalized spacial score (nSPS) is 23.6. The Balaban J connectivity index is 2.14. The van der Waals surface area contributed by atoms with Crippen LogP contribution >= 0.6 is 11.8 Å². The van der Waals surface area contributed by atoms with E-state index < -0.39 is 17.4 Å². The van der Waals surface area contributed by atoms with Gasteiger partial charge in [-0.15, -0.1) is 0 Å². The number of hydrogen-bond acceptors (Lipinski definition) is 4. The van der Waals surface area contributed by atoms with Crippen LogP contribution in [0, 0.1) is 6.92 Å². The molecule has 1 aromatic heterocycles. The van der Waals surface area contributed by atoms with Gasteiger partial charge in [0.2, 0.25) is 0 Å². The maximum atomic E-state index is 11.8. The molecule has 1 aliphatic rings. The molecule has 2 rings (SSSR count). The average molecular weight is 255 g/mol. The summed E-state index contributed by atoms with van der Waals surface area (Å²) >= 11 is 1.53. The van der Waals surface area contributed by atoms with Crippen LogP contribution in [-0.4, -0.2) is 34.0 Å². The number of carboxylic acids is 1. The van der Waals surface area contributed by atoms with Gasteiger partial charge in [0.15, 0.2) is 5.76 Å². The van der Waals surface area contributed by atoms with Crippen molar-refractivity contribution < 1.29 is 19.1 Å². The lowest BCUT2D eigenvalue weighted by molar-refractivity contribution is -0.143. The van der Waals surface area contributed by atoms with Crippen LogP contribution in [0.2, 0.25) is 0 Å². The lowest BCUT2D eigenvalue weighted by Gasteiger charge is -2.23. The van der Waals surface area contributed by atoms with Crippen molar-refractivity contribution in [1.29, 1.82) is 0 Å². The first-order chi connectivity index (χ1) is 8.03. The summed E-state index contributed by atoms with van der Waals surface area (Å²) in [6.07, 6.45) is 0.443. The van der Waals surface area contributed by atoms with Gasteiger partial charge in [0.25, 0.3) is 5.91 Å². The van der Waals surface area contributed by atoms with Gasteiger partial charge in [0.05, 0.1) is 0 Å². The molecule has 92 valence electrons. The van der Waals surface area contributed by atoms with Crippen molar-refractivity contribution in [3.63, 3.8) is 0 Å². The first kappa shape index (κ1) is 12.0. The molecule has 17 heavy (non-hydrogen) atoms. The molecule has 2 heterocycles. The maximum Gasteiger partial charge on any atom is 0.330 e. The Kier molecular flexibility index (Phi) is 3.15. The van der Waals surface area contributed by atoms with Crippen LogP contribution in [0.15, 0.2) is 16.5 Å². The number of carbonyl (C=O) groups is 2. The van der Waals surface area contributed by atoms with E-state index in [1.165, 1.54) is 11.8 Å². The molecule has 1 atom stereocenters. The predicted octanol–water partition coefficient (Wildman–Crippen LogP) is 1.28. The van der Waals surface area contributed by atoms with Crippen LogP contribution in [0.4, 0.5) is 0 Å². The molecule has 1 aliphatic heterocycles.